The van der Waals surface area contributed by atoms with Gasteiger partial charge < -0.3 is 5.11 Å². The fourth-order valence-electron chi connectivity index (χ4n) is 0.943. The van der Waals surface area contributed by atoms with Crippen molar-refractivity contribution in [3.63, 3.8) is 0 Å². The topological polar surface area (TPSA) is 37.3 Å². The second kappa shape index (κ2) is 3.85. The largest absolute Gasteiger partial charge is 0.481 e. The molecule has 0 aliphatic rings. The van der Waals surface area contributed by atoms with E-state index >= 15 is 0 Å². The minimum absolute atomic E-state index is 0.0269. The highest BCUT2D eigenvalue weighted by atomic mass is 19.1. The minimum Gasteiger partial charge on any atom is -0.481 e. The highest BCUT2D eigenvalue weighted by Crippen LogP contribution is 2.08. The molecule has 12 heavy (non-hydrogen) atoms. The van der Waals surface area contributed by atoms with Crippen molar-refractivity contribution in [2.75, 3.05) is 0 Å². The molecule has 1 N–H and O–H groups in total. The molecule has 0 aliphatic heterocycles. The first kappa shape index (κ1) is 8.71. The zero-order chi connectivity index (χ0) is 8.97. The summed E-state index contributed by atoms with van der Waals surface area (Å²) < 4.78 is 12.8. The van der Waals surface area contributed by atoms with Crippen molar-refractivity contribution in [2.45, 2.75) is 12.8 Å². The van der Waals surface area contributed by atoms with Crippen LogP contribution >= 0.6 is 0 Å². The van der Waals surface area contributed by atoms with E-state index in [4.69, 9.17) is 5.11 Å². The van der Waals surface area contributed by atoms with E-state index in [0.717, 1.165) is 0 Å². The van der Waals surface area contributed by atoms with Gasteiger partial charge in [0.1, 0.15) is 5.82 Å². The van der Waals surface area contributed by atoms with Gasteiger partial charge in [-0.3, -0.25) is 4.79 Å². The lowest BCUT2D eigenvalue weighted by Crippen LogP contribution is -1.98. The molecule has 1 aromatic rings. The van der Waals surface area contributed by atoms with Crippen molar-refractivity contribution in [1.29, 1.82) is 0 Å². The van der Waals surface area contributed by atoms with Crippen LogP contribution in [0, 0.1) is 5.82 Å². The van der Waals surface area contributed by atoms with Crippen molar-refractivity contribution in [3.05, 3.63) is 35.6 Å². The molecule has 0 aromatic heterocycles. The Morgan fingerprint density at radius 2 is 2.08 bits per heavy atom. The van der Waals surface area contributed by atoms with Gasteiger partial charge in [0.15, 0.2) is 0 Å². The summed E-state index contributed by atoms with van der Waals surface area (Å²) in [5, 5.41) is 8.34. The van der Waals surface area contributed by atoms with E-state index in [-0.39, 0.29) is 18.7 Å². The molecule has 0 bridgehead atoms. The van der Waals surface area contributed by atoms with Crippen LogP contribution < -0.4 is 0 Å². The Morgan fingerprint density at radius 3 is 2.67 bits per heavy atom. The van der Waals surface area contributed by atoms with Crippen molar-refractivity contribution in [1.82, 2.24) is 0 Å². The second-order valence-corrected chi connectivity index (χ2v) is 2.49. The Kier molecular flexibility index (Phi) is 2.80. The Labute approximate surface area is 69.6 Å². The summed E-state index contributed by atoms with van der Waals surface area (Å²) in [5.74, 6) is -1.24. The van der Waals surface area contributed by atoms with Crippen molar-refractivity contribution in [2.24, 2.45) is 0 Å². The van der Waals surface area contributed by atoms with E-state index in [9.17, 15) is 9.18 Å². The smallest absolute Gasteiger partial charge is 0.303 e. The first-order chi connectivity index (χ1) is 5.70. The number of carbonyl (C=O) groups is 1. The van der Waals surface area contributed by atoms with Crippen LogP contribution in [0.3, 0.4) is 0 Å². The van der Waals surface area contributed by atoms with E-state index in [1.165, 1.54) is 6.07 Å². The normalized spacial score (nSPS) is 9.75. The maximum Gasteiger partial charge on any atom is 0.303 e. The molecule has 3 heteroatoms. The van der Waals surface area contributed by atoms with E-state index in [0.29, 0.717) is 5.56 Å². The summed E-state index contributed by atoms with van der Waals surface area (Å²) in [4.78, 5) is 10.2. The van der Waals surface area contributed by atoms with E-state index < -0.39 is 5.97 Å². The highest BCUT2D eigenvalue weighted by molar-refractivity contribution is 5.67. The Hall–Kier alpha value is -1.38. The third kappa shape index (κ3) is 2.34. The van der Waals surface area contributed by atoms with E-state index in [1.54, 1.807) is 18.2 Å². The van der Waals surface area contributed by atoms with Gasteiger partial charge in [-0.25, -0.2) is 4.39 Å². The summed E-state index contributed by atoms with van der Waals surface area (Å²) in [6.07, 6.45) is 0.225. The van der Waals surface area contributed by atoms with Crippen LogP contribution in [0.25, 0.3) is 0 Å². The number of rotatable bonds is 3. The summed E-state index contributed by atoms with van der Waals surface area (Å²) in [5.41, 5.74) is 0.458. The summed E-state index contributed by atoms with van der Waals surface area (Å²) in [7, 11) is 0. The quantitative estimate of drug-likeness (QED) is 0.747. The van der Waals surface area contributed by atoms with E-state index in [2.05, 4.69) is 0 Å². The number of aryl methyl sites for hydroxylation is 1. The summed E-state index contributed by atoms with van der Waals surface area (Å²) in [6, 6.07) is 6.20. The van der Waals surface area contributed by atoms with Gasteiger partial charge in [0.2, 0.25) is 0 Å². The molecule has 0 radical (unpaired) electrons. The standard InChI is InChI=1S/C9H9FO2/c10-8-4-2-1-3-7(8)5-6-9(11)12/h1-4H,5-6H2,(H,11,12). The number of hydrogen-bond donors (Lipinski definition) is 1. The van der Waals surface area contributed by atoms with Crippen molar-refractivity contribution in [3.8, 4) is 0 Å². The number of carboxylic acid groups (broad SMARTS) is 1. The van der Waals surface area contributed by atoms with Crippen LogP contribution in [0.1, 0.15) is 12.0 Å². The molecule has 1 aromatic carbocycles. The number of carboxylic acids is 1. The van der Waals surface area contributed by atoms with Gasteiger partial charge in [0, 0.05) is 6.42 Å². The minimum atomic E-state index is -0.904. The SMILES string of the molecule is O=C(O)CCc1ccccc1F. The molecule has 0 spiro atoms. The highest BCUT2D eigenvalue weighted by Gasteiger charge is 2.02. The van der Waals surface area contributed by atoms with Crippen LogP contribution in [0.4, 0.5) is 4.39 Å². The maximum absolute atomic E-state index is 12.8. The average Bonchev–Trinajstić information content (AvgIpc) is 2.03. The third-order valence-electron chi connectivity index (χ3n) is 1.57. The maximum atomic E-state index is 12.8. The van der Waals surface area contributed by atoms with Crippen LogP contribution in [0.2, 0.25) is 0 Å². The van der Waals surface area contributed by atoms with Gasteiger partial charge in [-0.15, -0.1) is 0 Å². The van der Waals surface area contributed by atoms with Gasteiger partial charge in [-0.05, 0) is 18.1 Å². The molecular weight excluding hydrogens is 159 g/mol. The Morgan fingerprint density at radius 1 is 1.42 bits per heavy atom. The van der Waals surface area contributed by atoms with Crippen LogP contribution in [-0.2, 0) is 11.2 Å². The van der Waals surface area contributed by atoms with Crippen molar-refractivity contribution < 1.29 is 14.3 Å². The Bertz CT molecular complexity index is 284. The first-order valence-electron chi connectivity index (χ1n) is 3.65. The van der Waals surface area contributed by atoms with Gasteiger partial charge in [-0.1, -0.05) is 18.2 Å². The predicted molar refractivity (Wildman–Crippen MR) is 42.4 cm³/mol. The van der Waals surface area contributed by atoms with Gasteiger partial charge >= 0.3 is 5.97 Å². The molecule has 1 rings (SSSR count). The monoisotopic (exact) mass is 168 g/mol. The van der Waals surface area contributed by atoms with E-state index in [1.807, 2.05) is 0 Å². The molecule has 0 saturated heterocycles. The number of halogens is 1. The van der Waals surface area contributed by atoms with Crippen molar-refractivity contribution >= 4 is 5.97 Å². The van der Waals surface area contributed by atoms with Crippen LogP contribution in [-0.4, -0.2) is 11.1 Å². The average molecular weight is 168 g/mol. The van der Waals surface area contributed by atoms with Gasteiger partial charge in [0.05, 0.1) is 0 Å². The van der Waals surface area contributed by atoms with Crippen LogP contribution in [0.15, 0.2) is 24.3 Å². The lowest BCUT2D eigenvalue weighted by Gasteiger charge is -1.98. The number of aliphatic carboxylic acids is 1. The molecule has 0 unspecified atom stereocenters. The van der Waals surface area contributed by atoms with Gasteiger partial charge in [-0.2, -0.15) is 0 Å². The zero-order valence-electron chi connectivity index (χ0n) is 6.46. The molecular formula is C9H9FO2. The Balaban J connectivity index is 2.63. The molecule has 0 saturated carbocycles. The summed E-state index contributed by atoms with van der Waals surface area (Å²) in [6.45, 7) is 0. The molecule has 0 amide bonds. The number of hydrogen-bond acceptors (Lipinski definition) is 1. The summed E-state index contributed by atoms with van der Waals surface area (Å²) >= 11 is 0. The zero-order valence-corrected chi connectivity index (χ0v) is 6.46. The molecule has 0 atom stereocenters. The molecule has 64 valence electrons. The lowest BCUT2D eigenvalue weighted by atomic mass is 10.1. The fraction of sp³-hybridized carbons (Fsp3) is 0.222. The van der Waals surface area contributed by atoms with Gasteiger partial charge in [0.25, 0.3) is 0 Å². The third-order valence-corrected chi connectivity index (χ3v) is 1.57. The fourth-order valence-corrected chi connectivity index (χ4v) is 0.943. The van der Waals surface area contributed by atoms with Crippen LogP contribution in [0.5, 0.6) is 0 Å². The second-order valence-electron chi connectivity index (χ2n) is 2.49. The number of benzene rings is 1. The molecule has 0 fully saturated rings. The predicted octanol–water partition coefficient (Wildman–Crippen LogP) is 1.84. The molecule has 0 aliphatic carbocycles. The molecule has 0 heterocycles. The molecule has 2 nitrogen and oxygen atoms in total. The lowest BCUT2D eigenvalue weighted by molar-refractivity contribution is -0.136. The first-order valence-corrected chi connectivity index (χ1v) is 3.65.